The molecule has 0 radical (unpaired) electrons. The Labute approximate surface area is 181 Å². The Morgan fingerprint density at radius 2 is 1.44 bits per heavy atom. The molecular weight excluding hydrogens is 422 g/mol. The smallest absolute Gasteiger partial charge is 0.339 e. The summed E-state index contributed by atoms with van der Waals surface area (Å²) in [5, 5.41) is 34.8. The second-order valence-corrected chi connectivity index (χ2v) is 7.44. The first kappa shape index (κ1) is 22.5. The van der Waals surface area contributed by atoms with Crippen LogP contribution in [0.1, 0.15) is 55.1 Å². The summed E-state index contributed by atoms with van der Waals surface area (Å²) in [6.07, 6.45) is 1.32. The molecule has 2 aromatic carbocycles. The Kier molecular flexibility index (Phi) is 6.01. The molecule has 0 amide bonds. The van der Waals surface area contributed by atoms with Crippen molar-refractivity contribution in [3.8, 4) is 11.1 Å². The number of benzene rings is 2. The van der Waals surface area contributed by atoms with E-state index in [1.165, 1.54) is 12.1 Å². The SMILES string of the molecule is CCCCOC(=O)c1cc([N+](=O)[O-])cc2c1-c1c(cc([N+](=O)[O-])cc1[N+](=O)[O-])C2=C(C)C. The number of esters is 1. The molecule has 2 aromatic rings. The summed E-state index contributed by atoms with van der Waals surface area (Å²) in [6, 6.07) is 4.25. The number of hydrogen-bond acceptors (Lipinski definition) is 8. The first-order valence-electron chi connectivity index (χ1n) is 9.73. The molecule has 0 atom stereocenters. The molecule has 3 rings (SSSR count). The summed E-state index contributed by atoms with van der Waals surface area (Å²) in [4.78, 5) is 45.4. The molecule has 0 aliphatic heterocycles. The summed E-state index contributed by atoms with van der Waals surface area (Å²) in [7, 11) is 0. The monoisotopic (exact) mass is 441 g/mol. The summed E-state index contributed by atoms with van der Waals surface area (Å²) >= 11 is 0. The van der Waals surface area contributed by atoms with Crippen LogP contribution >= 0.6 is 0 Å². The maximum absolute atomic E-state index is 12.9. The lowest BCUT2D eigenvalue weighted by atomic mass is 9.96. The molecule has 166 valence electrons. The second-order valence-electron chi connectivity index (χ2n) is 7.44. The molecular formula is C21H19N3O8. The van der Waals surface area contributed by atoms with E-state index in [0.717, 1.165) is 18.6 Å². The molecule has 0 aromatic heterocycles. The van der Waals surface area contributed by atoms with E-state index in [1.54, 1.807) is 13.8 Å². The van der Waals surface area contributed by atoms with E-state index < -0.39 is 37.8 Å². The zero-order chi connectivity index (χ0) is 23.7. The van der Waals surface area contributed by atoms with E-state index in [2.05, 4.69) is 0 Å². The van der Waals surface area contributed by atoms with Gasteiger partial charge in [-0.1, -0.05) is 18.9 Å². The number of hydrogen-bond donors (Lipinski definition) is 0. The number of non-ortho nitro benzene ring substituents is 2. The van der Waals surface area contributed by atoms with Crippen molar-refractivity contribution in [1.82, 2.24) is 0 Å². The van der Waals surface area contributed by atoms with Crippen molar-refractivity contribution in [1.29, 1.82) is 0 Å². The quantitative estimate of drug-likeness (QED) is 0.210. The number of carbonyl (C=O) groups is 1. The van der Waals surface area contributed by atoms with Crippen LogP contribution < -0.4 is 0 Å². The Hall–Kier alpha value is -4.15. The summed E-state index contributed by atoms with van der Waals surface area (Å²) in [5.74, 6) is -0.855. The predicted octanol–water partition coefficient (Wildman–Crippen LogP) is 5.19. The van der Waals surface area contributed by atoms with Gasteiger partial charge in [0.05, 0.1) is 38.6 Å². The molecule has 0 spiro atoms. The van der Waals surface area contributed by atoms with Crippen molar-refractivity contribution in [3.63, 3.8) is 0 Å². The lowest BCUT2D eigenvalue weighted by molar-refractivity contribution is -0.393. The van der Waals surface area contributed by atoms with E-state index in [0.29, 0.717) is 17.6 Å². The zero-order valence-corrected chi connectivity index (χ0v) is 17.5. The molecule has 11 nitrogen and oxygen atoms in total. The minimum atomic E-state index is -0.855. The van der Waals surface area contributed by atoms with Gasteiger partial charge < -0.3 is 4.74 Å². The number of nitro groups is 3. The van der Waals surface area contributed by atoms with E-state index in [9.17, 15) is 35.1 Å². The van der Waals surface area contributed by atoms with Crippen LogP contribution in [0, 0.1) is 30.3 Å². The van der Waals surface area contributed by atoms with Crippen molar-refractivity contribution in [3.05, 3.63) is 76.9 Å². The molecule has 0 heterocycles. The molecule has 1 aliphatic carbocycles. The lowest BCUT2D eigenvalue weighted by Crippen LogP contribution is -2.09. The van der Waals surface area contributed by atoms with Crippen LogP contribution in [-0.4, -0.2) is 27.3 Å². The second kappa shape index (κ2) is 8.53. The zero-order valence-electron chi connectivity index (χ0n) is 17.5. The highest BCUT2D eigenvalue weighted by Gasteiger charge is 2.38. The maximum Gasteiger partial charge on any atom is 0.339 e. The van der Waals surface area contributed by atoms with Crippen molar-refractivity contribution in [2.45, 2.75) is 33.6 Å². The Morgan fingerprint density at radius 3 is 1.94 bits per heavy atom. The lowest BCUT2D eigenvalue weighted by Gasteiger charge is -2.10. The minimum absolute atomic E-state index is 0.00383. The fourth-order valence-corrected chi connectivity index (χ4v) is 3.75. The number of nitrogens with zero attached hydrogens (tertiary/aromatic N) is 3. The maximum atomic E-state index is 12.9. The molecule has 0 saturated carbocycles. The van der Waals surface area contributed by atoms with Crippen LogP contribution in [0.5, 0.6) is 0 Å². The van der Waals surface area contributed by atoms with E-state index in [4.69, 9.17) is 4.74 Å². The van der Waals surface area contributed by atoms with Crippen LogP contribution in [-0.2, 0) is 4.74 Å². The number of nitro benzene ring substituents is 3. The first-order chi connectivity index (χ1) is 15.1. The van der Waals surface area contributed by atoms with Gasteiger partial charge in [0.15, 0.2) is 0 Å². The predicted molar refractivity (Wildman–Crippen MR) is 114 cm³/mol. The Morgan fingerprint density at radius 1 is 0.875 bits per heavy atom. The number of fused-ring (bicyclic) bond motifs is 3. The molecule has 0 fully saturated rings. The van der Waals surface area contributed by atoms with Gasteiger partial charge in [-0.25, -0.2) is 4.79 Å². The van der Waals surface area contributed by atoms with E-state index in [-0.39, 0.29) is 34.4 Å². The van der Waals surface area contributed by atoms with Gasteiger partial charge in [-0.2, -0.15) is 0 Å². The fourth-order valence-electron chi connectivity index (χ4n) is 3.75. The van der Waals surface area contributed by atoms with Gasteiger partial charge >= 0.3 is 5.97 Å². The number of carbonyl (C=O) groups excluding carboxylic acids is 1. The summed E-state index contributed by atoms with van der Waals surface area (Å²) in [5.41, 5.74) is -0.168. The van der Waals surface area contributed by atoms with Crippen molar-refractivity contribution in [2.75, 3.05) is 6.61 Å². The van der Waals surface area contributed by atoms with Crippen molar-refractivity contribution < 1.29 is 24.3 Å². The molecule has 11 heteroatoms. The topological polar surface area (TPSA) is 156 Å². The molecule has 0 bridgehead atoms. The van der Waals surface area contributed by atoms with Crippen LogP contribution in [0.4, 0.5) is 17.1 Å². The third-order valence-corrected chi connectivity index (χ3v) is 5.08. The number of ether oxygens (including phenoxy) is 1. The standard InChI is InChI=1S/C21H19N3O8/c1-4-5-6-32-21(25)16-9-12(22(26)27)7-14-18(11(2)3)15-8-13(23(28)29)10-17(24(30)31)20(15)19(14)16/h7-10H,4-6H2,1-3H3. The normalized spacial score (nSPS) is 11.5. The van der Waals surface area contributed by atoms with Crippen LogP contribution in [0.15, 0.2) is 29.8 Å². The van der Waals surface area contributed by atoms with Gasteiger partial charge in [0.25, 0.3) is 17.1 Å². The Balaban J connectivity index is 2.43. The van der Waals surface area contributed by atoms with Crippen molar-refractivity contribution >= 4 is 28.6 Å². The van der Waals surface area contributed by atoms with E-state index in [1.807, 2.05) is 6.92 Å². The van der Waals surface area contributed by atoms with Crippen LogP contribution in [0.2, 0.25) is 0 Å². The largest absolute Gasteiger partial charge is 0.462 e. The number of unbranched alkanes of at least 4 members (excludes halogenated alkanes) is 1. The van der Waals surface area contributed by atoms with Gasteiger partial charge in [-0.05, 0) is 31.4 Å². The highest BCUT2D eigenvalue weighted by molar-refractivity contribution is 6.12. The van der Waals surface area contributed by atoms with Gasteiger partial charge in [-0.15, -0.1) is 0 Å². The average molecular weight is 441 g/mol. The summed E-state index contributed by atoms with van der Waals surface area (Å²) in [6.45, 7) is 5.33. The highest BCUT2D eigenvalue weighted by Crippen LogP contribution is 2.53. The number of rotatable bonds is 7. The molecule has 0 saturated heterocycles. The third-order valence-electron chi connectivity index (χ3n) is 5.08. The summed E-state index contributed by atoms with van der Waals surface area (Å²) < 4.78 is 5.25. The van der Waals surface area contributed by atoms with Gasteiger partial charge in [0.2, 0.25) is 0 Å². The van der Waals surface area contributed by atoms with E-state index >= 15 is 0 Å². The first-order valence-corrected chi connectivity index (χ1v) is 9.73. The van der Waals surface area contributed by atoms with Gasteiger partial charge in [0, 0.05) is 29.3 Å². The number of allylic oxidation sites excluding steroid dienone is 1. The van der Waals surface area contributed by atoms with Gasteiger partial charge in [0.1, 0.15) is 0 Å². The average Bonchev–Trinajstić information content (AvgIpc) is 3.06. The molecule has 1 aliphatic rings. The molecule has 0 unspecified atom stereocenters. The minimum Gasteiger partial charge on any atom is -0.462 e. The molecule has 0 N–H and O–H groups in total. The Bertz CT molecular complexity index is 1210. The molecule has 32 heavy (non-hydrogen) atoms. The van der Waals surface area contributed by atoms with Crippen molar-refractivity contribution in [2.24, 2.45) is 0 Å². The highest BCUT2D eigenvalue weighted by atomic mass is 16.6. The third kappa shape index (κ3) is 3.80. The van der Waals surface area contributed by atoms with Crippen LogP contribution in [0.25, 0.3) is 16.7 Å². The van der Waals surface area contributed by atoms with Crippen LogP contribution in [0.3, 0.4) is 0 Å². The fraction of sp³-hybridized carbons (Fsp3) is 0.286. The van der Waals surface area contributed by atoms with Gasteiger partial charge in [-0.3, -0.25) is 30.3 Å².